The second-order valence-electron chi connectivity index (χ2n) is 6.43. The Kier molecular flexibility index (Phi) is 8.53. The molecule has 3 rings (SSSR count). The van der Waals surface area contributed by atoms with Gasteiger partial charge in [-0.3, -0.25) is 4.79 Å². The highest BCUT2D eigenvalue weighted by Gasteiger charge is 2.25. The molecule has 12 heteroatoms. The summed E-state index contributed by atoms with van der Waals surface area (Å²) < 4.78 is 27.1. The van der Waals surface area contributed by atoms with Gasteiger partial charge < -0.3 is 11.1 Å². The van der Waals surface area contributed by atoms with E-state index in [0.29, 0.717) is 10.6 Å². The number of nitriles is 1. The van der Waals surface area contributed by atoms with Gasteiger partial charge in [0.1, 0.15) is 16.0 Å². The molecule has 1 aromatic carbocycles. The summed E-state index contributed by atoms with van der Waals surface area (Å²) in [5.41, 5.74) is 6.72. The molecule has 0 atom stereocenters. The molecule has 30 heavy (non-hydrogen) atoms. The molecule has 0 bridgehead atoms. The monoisotopic (exact) mass is 508 g/mol. The number of anilines is 1. The highest BCUT2D eigenvalue weighted by molar-refractivity contribution is 7.89. The summed E-state index contributed by atoms with van der Waals surface area (Å²) in [6.45, 7) is 0.132. The Morgan fingerprint density at radius 2 is 1.93 bits per heavy atom. The van der Waals surface area contributed by atoms with Crippen molar-refractivity contribution >= 4 is 67.9 Å². The summed E-state index contributed by atoms with van der Waals surface area (Å²) in [4.78, 5) is 13.7. The number of benzene rings is 1. The first-order chi connectivity index (χ1) is 13.8. The van der Waals surface area contributed by atoms with E-state index in [-0.39, 0.29) is 46.0 Å². The van der Waals surface area contributed by atoms with Gasteiger partial charge in [0.05, 0.1) is 21.2 Å². The molecule has 2 aromatic rings. The lowest BCUT2D eigenvalue weighted by atomic mass is 9.96. The first kappa shape index (κ1) is 24.9. The van der Waals surface area contributed by atoms with Gasteiger partial charge in [-0.2, -0.15) is 5.26 Å². The number of aryl methyl sites for hydroxylation is 1. The topological polar surface area (TPSA) is 125 Å². The van der Waals surface area contributed by atoms with Crippen molar-refractivity contribution in [3.05, 3.63) is 43.7 Å². The van der Waals surface area contributed by atoms with Gasteiger partial charge >= 0.3 is 0 Å². The fraction of sp³-hybridized carbons (Fsp3) is 0.333. The van der Waals surface area contributed by atoms with Gasteiger partial charge in [-0.05, 0) is 43.4 Å². The smallest absolute Gasteiger partial charge is 0.257 e. The van der Waals surface area contributed by atoms with Crippen molar-refractivity contribution in [3.63, 3.8) is 0 Å². The average molecular weight is 510 g/mol. The van der Waals surface area contributed by atoms with Crippen LogP contribution in [0.25, 0.3) is 0 Å². The molecule has 0 unspecified atom stereocenters. The minimum absolute atomic E-state index is 0. The van der Waals surface area contributed by atoms with Crippen molar-refractivity contribution in [3.8, 4) is 6.07 Å². The Balaban J connectivity index is 0.00000320. The Bertz CT molecular complexity index is 1110. The van der Waals surface area contributed by atoms with Crippen molar-refractivity contribution in [2.45, 2.75) is 30.6 Å². The molecule has 1 heterocycles. The summed E-state index contributed by atoms with van der Waals surface area (Å²) in [5.74, 6) is -0.614. The SMILES string of the molecule is Cl.N#Cc1c(NC(=O)c2cc(S(=O)(=O)NCCN)c(Cl)cc2Cl)sc2c1CCCC2. The number of fused-ring (bicyclic) bond motifs is 1. The number of nitrogens with one attached hydrogen (secondary N) is 2. The molecule has 1 aliphatic rings. The molecular formula is C18H19Cl3N4O3S2. The zero-order valence-corrected chi connectivity index (χ0v) is 19.6. The highest BCUT2D eigenvalue weighted by Crippen LogP contribution is 2.38. The number of rotatable bonds is 6. The van der Waals surface area contributed by atoms with Gasteiger partial charge in [-0.15, -0.1) is 23.7 Å². The van der Waals surface area contributed by atoms with Gasteiger partial charge in [-0.25, -0.2) is 13.1 Å². The molecule has 0 radical (unpaired) electrons. The van der Waals surface area contributed by atoms with E-state index in [2.05, 4.69) is 16.1 Å². The largest absolute Gasteiger partial charge is 0.329 e. The second-order valence-corrected chi connectivity index (χ2v) is 10.1. The van der Waals surface area contributed by atoms with Crippen LogP contribution in [-0.2, 0) is 22.9 Å². The van der Waals surface area contributed by atoms with Crippen LogP contribution in [0.3, 0.4) is 0 Å². The van der Waals surface area contributed by atoms with Crippen molar-refractivity contribution in [1.82, 2.24) is 4.72 Å². The van der Waals surface area contributed by atoms with Crippen molar-refractivity contribution < 1.29 is 13.2 Å². The molecule has 7 nitrogen and oxygen atoms in total. The van der Waals surface area contributed by atoms with Crippen LogP contribution >= 0.6 is 46.9 Å². The molecule has 0 saturated heterocycles. The molecule has 0 saturated carbocycles. The van der Waals surface area contributed by atoms with E-state index in [4.69, 9.17) is 28.9 Å². The Morgan fingerprint density at radius 1 is 1.23 bits per heavy atom. The number of halogens is 3. The predicted molar refractivity (Wildman–Crippen MR) is 122 cm³/mol. The third kappa shape index (κ3) is 5.08. The third-order valence-electron chi connectivity index (χ3n) is 4.50. The number of carbonyl (C=O) groups excluding carboxylic acids is 1. The van der Waals surface area contributed by atoms with Crippen LogP contribution in [0.2, 0.25) is 10.0 Å². The van der Waals surface area contributed by atoms with Gasteiger partial charge in [0.25, 0.3) is 5.91 Å². The number of carbonyl (C=O) groups is 1. The van der Waals surface area contributed by atoms with E-state index in [0.717, 1.165) is 42.2 Å². The standard InChI is InChI=1S/C18H18Cl2N4O3S2.ClH/c19-13-8-14(20)16(29(26,27)23-6-5-21)7-11(13)17(25)24-18-12(9-22)10-3-1-2-4-15(10)28-18;/h7-8,23H,1-6,21H2,(H,24,25);1H. The third-order valence-corrected chi connectivity index (χ3v) is 7.95. The first-order valence-electron chi connectivity index (χ1n) is 8.83. The average Bonchev–Trinajstić information content (AvgIpc) is 3.02. The van der Waals surface area contributed by atoms with Crippen LogP contribution < -0.4 is 15.8 Å². The molecule has 4 N–H and O–H groups in total. The van der Waals surface area contributed by atoms with Crippen LogP contribution in [0.15, 0.2) is 17.0 Å². The molecule has 0 aliphatic heterocycles. The Labute approximate surface area is 195 Å². The molecule has 1 aliphatic carbocycles. The molecule has 1 aromatic heterocycles. The van der Waals surface area contributed by atoms with E-state index in [9.17, 15) is 18.5 Å². The maximum absolute atomic E-state index is 12.8. The summed E-state index contributed by atoms with van der Waals surface area (Å²) >= 11 is 13.6. The number of nitrogens with two attached hydrogens (primary N) is 1. The van der Waals surface area contributed by atoms with Crippen LogP contribution in [0.5, 0.6) is 0 Å². The number of sulfonamides is 1. The molecule has 1 amide bonds. The molecule has 162 valence electrons. The quantitative estimate of drug-likeness (QED) is 0.547. The predicted octanol–water partition coefficient (Wildman–Crippen LogP) is 3.72. The van der Waals surface area contributed by atoms with Crippen LogP contribution in [0.4, 0.5) is 5.00 Å². The van der Waals surface area contributed by atoms with E-state index in [1.54, 1.807) is 0 Å². The fourth-order valence-corrected chi connectivity index (χ4v) is 6.26. The van der Waals surface area contributed by atoms with Crippen molar-refractivity contribution in [2.24, 2.45) is 5.73 Å². The zero-order chi connectivity index (χ0) is 21.2. The van der Waals surface area contributed by atoms with Crippen molar-refractivity contribution in [2.75, 3.05) is 18.4 Å². The maximum Gasteiger partial charge on any atom is 0.257 e. The summed E-state index contributed by atoms with van der Waals surface area (Å²) in [6.07, 6.45) is 3.74. The lowest BCUT2D eigenvalue weighted by Gasteiger charge is -2.11. The number of amides is 1. The highest BCUT2D eigenvalue weighted by atomic mass is 35.5. The first-order valence-corrected chi connectivity index (χ1v) is 11.9. The minimum atomic E-state index is -3.96. The van der Waals surface area contributed by atoms with Gasteiger partial charge in [0, 0.05) is 18.0 Å². The van der Waals surface area contributed by atoms with E-state index in [1.165, 1.54) is 17.4 Å². The Hall–Kier alpha value is -1.38. The van der Waals surface area contributed by atoms with E-state index >= 15 is 0 Å². The van der Waals surface area contributed by atoms with E-state index in [1.807, 2.05) is 0 Å². The maximum atomic E-state index is 12.8. The number of hydrogen-bond donors (Lipinski definition) is 3. The molecule has 0 fully saturated rings. The van der Waals surface area contributed by atoms with Crippen LogP contribution in [-0.4, -0.2) is 27.4 Å². The normalized spacial score (nSPS) is 13.1. The second kappa shape index (κ2) is 10.3. The molecular weight excluding hydrogens is 491 g/mol. The van der Waals surface area contributed by atoms with Crippen molar-refractivity contribution in [1.29, 1.82) is 5.26 Å². The number of hydrogen-bond acceptors (Lipinski definition) is 6. The number of nitrogens with zero attached hydrogens (tertiary/aromatic N) is 1. The summed E-state index contributed by atoms with van der Waals surface area (Å²) in [5, 5.41) is 12.6. The minimum Gasteiger partial charge on any atom is -0.329 e. The fourth-order valence-electron chi connectivity index (χ4n) is 3.12. The van der Waals surface area contributed by atoms with Crippen LogP contribution in [0.1, 0.15) is 39.2 Å². The van der Waals surface area contributed by atoms with Gasteiger partial charge in [0.15, 0.2) is 0 Å². The number of thiophene rings is 1. The summed E-state index contributed by atoms with van der Waals surface area (Å²) in [6, 6.07) is 4.50. The zero-order valence-electron chi connectivity index (χ0n) is 15.6. The van der Waals surface area contributed by atoms with Gasteiger partial charge in [-0.1, -0.05) is 23.2 Å². The summed E-state index contributed by atoms with van der Waals surface area (Å²) in [7, 11) is -3.96. The lowest BCUT2D eigenvalue weighted by molar-refractivity contribution is 0.102. The van der Waals surface area contributed by atoms with Gasteiger partial charge in [0.2, 0.25) is 10.0 Å². The molecule has 0 spiro atoms. The van der Waals surface area contributed by atoms with E-state index < -0.39 is 15.9 Å². The lowest BCUT2D eigenvalue weighted by Crippen LogP contribution is -2.29. The van der Waals surface area contributed by atoms with Crippen LogP contribution in [0, 0.1) is 11.3 Å². The Morgan fingerprint density at radius 3 is 2.60 bits per heavy atom.